The zero-order valence-corrected chi connectivity index (χ0v) is 11.8. The fraction of sp³-hybridized carbons (Fsp3) is 0.286. The summed E-state index contributed by atoms with van der Waals surface area (Å²) in [6, 6.07) is 7.93. The lowest BCUT2D eigenvalue weighted by Crippen LogP contribution is -2.27. The fourth-order valence-corrected chi connectivity index (χ4v) is 1.91. The molecule has 1 aromatic heterocycles. The van der Waals surface area contributed by atoms with Crippen molar-refractivity contribution in [1.82, 2.24) is 4.98 Å². The van der Waals surface area contributed by atoms with Crippen LogP contribution in [0.3, 0.4) is 0 Å². The Kier molecular flexibility index (Phi) is 4.32. The third-order valence-electron chi connectivity index (χ3n) is 2.93. The number of hydrogen-bond acceptors (Lipinski definition) is 6. The van der Waals surface area contributed by atoms with Crippen LogP contribution >= 0.6 is 0 Å². The molecule has 0 saturated carbocycles. The number of nitro groups is 1. The molecule has 2 rings (SSSR count). The highest BCUT2D eigenvalue weighted by atomic mass is 16.6. The third-order valence-corrected chi connectivity index (χ3v) is 2.93. The standard InChI is InChI=1S/C14H15N3O4/c1-3-21-14(18)9-16(2)13-7-4-10-8-11(17(19)20)5-6-12(10)15-13/h4-8H,3,9H2,1-2H3. The molecular weight excluding hydrogens is 274 g/mol. The van der Waals surface area contributed by atoms with Gasteiger partial charge in [-0.05, 0) is 25.1 Å². The van der Waals surface area contributed by atoms with E-state index in [1.165, 1.54) is 12.1 Å². The maximum atomic E-state index is 11.4. The first-order chi connectivity index (χ1) is 10.0. The molecule has 1 aromatic carbocycles. The van der Waals surface area contributed by atoms with Crippen LogP contribution in [0.1, 0.15) is 6.92 Å². The van der Waals surface area contributed by atoms with E-state index in [0.717, 1.165) is 0 Å². The first-order valence-corrected chi connectivity index (χ1v) is 6.43. The number of aromatic nitrogens is 1. The second-order valence-electron chi connectivity index (χ2n) is 4.46. The number of benzene rings is 1. The second kappa shape index (κ2) is 6.17. The second-order valence-corrected chi connectivity index (χ2v) is 4.46. The Morgan fingerprint density at radius 1 is 1.38 bits per heavy atom. The Morgan fingerprint density at radius 3 is 2.81 bits per heavy atom. The van der Waals surface area contributed by atoms with Crippen LogP contribution in [0.15, 0.2) is 30.3 Å². The summed E-state index contributed by atoms with van der Waals surface area (Å²) >= 11 is 0. The van der Waals surface area contributed by atoms with Crippen molar-refractivity contribution < 1.29 is 14.5 Å². The van der Waals surface area contributed by atoms with Gasteiger partial charge in [0.1, 0.15) is 12.4 Å². The highest BCUT2D eigenvalue weighted by Gasteiger charge is 2.11. The maximum absolute atomic E-state index is 11.4. The summed E-state index contributed by atoms with van der Waals surface area (Å²) in [5.74, 6) is 0.273. The van der Waals surface area contributed by atoms with Crippen LogP contribution in [0.4, 0.5) is 11.5 Å². The average Bonchev–Trinajstić information content (AvgIpc) is 2.46. The number of anilines is 1. The molecule has 0 fully saturated rings. The fourth-order valence-electron chi connectivity index (χ4n) is 1.91. The summed E-state index contributed by atoms with van der Waals surface area (Å²) in [6.45, 7) is 2.18. The quantitative estimate of drug-likeness (QED) is 0.476. The van der Waals surface area contributed by atoms with E-state index in [0.29, 0.717) is 23.3 Å². The van der Waals surface area contributed by atoms with Crippen LogP contribution in [-0.2, 0) is 9.53 Å². The van der Waals surface area contributed by atoms with Crippen LogP contribution in [0.5, 0.6) is 0 Å². The molecule has 7 heteroatoms. The predicted molar refractivity (Wildman–Crippen MR) is 78.3 cm³/mol. The van der Waals surface area contributed by atoms with E-state index in [1.54, 1.807) is 37.1 Å². The Hall–Kier alpha value is -2.70. The van der Waals surface area contributed by atoms with Gasteiger partial charge in [-0.1, -0.05) is 0 Å². The minimum absolute atomic E-state index is 0.0249. The van der Waals surface area contributed by atoms with E-state index in [9.17, 15) is 14.9 Å². The molecule has 0 saturated heterocycles. The summed E-state index contributed by atoms with van der Waals surface area (Å²) in [5.41, 5.74) is 0.658. The molecule has 0 bridgehead atoms. The van der Waals surface area contributed by atoms with E-state index < -0.39 is 4.92 Å². The van der Waals surface area contributed by atoms with E-state index in [2.05, 4.69) is 4.98 Å². The van der Waals surface area contributed by atoms with Gasteiger partial charge in [0.05, 0.1) is 17.0 Å². The number of nitro benzene ring substituents is 1. The number of hydrogen-bond donors (Lipinski definition) is 0. The molecule has 0 atom stereocenters. The van der Waals surface area contributed by atoms with Crippen LogP contribution in [0.25, 0.3) is 10.9 Å². The number of nitrogens with zero attached hydrogens (tertiary/aromatic N) is 3. The summed E-state index contributed by atoms with van der Waals surface area (Å²) in [5, 5.41) is 11.4. The summed E-state index contributed by atoms with van der Waals surface area (Å²) in [7, 11) is 1.73. The number of carbonyl (C=O) groups excluding carboxylic acids is 1. The van der Waals surface area contributed by atoms with Gasteiger partial charge in [-0.3, -0.25) is 14.9 Å². The molecule has 2 aromatic rings. The summed E-state index contributed by atoms with van der Waals surface area (Å²) in [4.78, 5) is 27.8. The first-order valence-electron chi connectivity index (χ1n) is 6.43. The Morgan fingerprint density at radius 2 is 2.14 bits per heavy atom. The molecule has 0 aliphatic carbocycles. The molecule has 0 aliphatic rings. The molecule has 0 aliphatic heterocycles. The predicted octanol–water partition coefficient (Wildman–Crippen LogP) is 2.14. The normalized spacial score (nSPS) is 10.4. The van der Waals surface area contributed by atoms with Crippen molar-refractivity contribution in [2.45, 2.75) is 6.92 Å². The Bertz CT molecular complexity index is 687. The first kappa shape index (κ1) is 14.7. The topological polar surface area (TPSA) is 85.6 Å². The van der Waals surface area contributed by atoms with E-state index in [-0.39, 0.29) is 18.2 Å². The molecule has 0 amide bonds. The number of esters is 1. The van der Waals surface area contributed by atoms with Gasteiger partial charge in [-0.25, -0.2) is 4.98 Å². The van der Waals surface area contributed by atoms with Crippen molar-refractivity contribution in [2.75, 3.05) is 25.1 Å². The highest BCUT2D eigenvalue weighted by molar-refractivity contribution is 5.83. The molecule has 0 radical (unpaired) electrons. The van der Waals surface area contributed by atoms with Crippen LogP contribution < -0.4 is 4.90 Å². The Balaban J connectivity index is 2.24. The zero-order chi connectivity index (χ0) is 15.4. The lowest BCUT2D eigenvalue weighted by atomic mass is 10.2. The summed E-state index contributed by atoms with van der Waals surface area (Å²) < 4.78 is 4.88. The highest BCUT2D eigenvalue weighted by Crippen LogP contribution is 2.22. The van der Waals surface area contributed by atoms with Gasteiger partial charge in [0.2, 0.25) is 0 Å². The van der Waals surface area contributed by atoms with Gasteiger partial charge in [0.15, 0.2) is 0 Å². The minimum atomic E-state index is -0.444. The largest absolute Gasteiger partial charge is 0.465 e. The van der Waals surface area contributed by atoms with Crippen LogP contribution in [0, 0.1) is 10.1 Å². The number of pyridine rings is 1. The van der Waals surface area contributed by atoms with E-state index >= 15 is 0 Å². The van der Waals surface area contributed by atoms with Crippen molar-refractivity contribution >= 4 is 28.4 Å². The lowest BCUT2D eigenvalue weighted by Gasteiger charge is -2.17. The summed E-state index contributed by atoms with van der Waals surface area (Å²) in [6.07, 6.45) is 0. The minimum Gasteiger partial charge on any atom is -0.465 e. The van der Waals surface area contributed by atoms with Crippen molar-refractivity contribution in [1.29, 1.82) is 0 Å². The molecule has 0 spiro atoms. The van der Waals surface area contributed by atoms with Crippen molar-refractivity contribution in [3.05, 3.63) is 40.4 Å². The third kappa shape index (κ3) is 3.44. The number of likely N-dealkylation sites (N-methyl/N-ethyl adjacent to an activating group) is 1. The Labute approximate surface area is 121 Å². The van der Waals surface area contributed by atoms with E-state index in [1.807, 2.05) is 0 Å². The van der Waals surface area contributed by atoms with Crippen molar-refractivity contribution in [3.63, 3.8) is 0 Å². The molecule has 1 heterocycles. The van der Waals surface area contributed by atoms with Crippen LogP contribution in [-0.4, -0.2) is 36.1 Å². The average molecular weight is 289 g/mol. The van der Waals surface area contributed by atoms with Gasteiger partial charge >= 0.3 is 5.97 Å². The monoisotopic (exact) mass is 289 g/mol. The smallest absolute Gasteiger partial charge is 0.325 e. The maximum Gasteiger partial charge on any atom is 0.325 e. The molecule has 0 unspecified atom stereocenters. The van der Waals surface area contributed by atoms with Crippen molar-refractivity contribution in [2.24, 2.45) is 0 Å². The number of carbonyl (C=O) groups is 1. The van der Waals surface area contributed by atoms with Crippen LogP contribution in [0.2, 0.25) is 0 Å². The molecular formula is C14H15N3O4. The number of rotatable bonds is 5. The SMILES string of the molecule is CCOC(=O)CN(C)c1ccc2cc([N+](=O)[O-])ccc2n1. The van der Waals surface area contributed by atoms with Gasteiger partial charge in [-0.2, -0.15) is 0 Å². The van der Waals surface area contributed by atoms with Crippen molar-refractivity contribution in [3.8, 4) is 0 Å². The number of fused-ring (bicyclic) bond motifs is 1. The molecule has 7 nitrogen and oxygen atoms in total. The number of non-ortho nitro benzene ring substituents is 1. The molecule has 21 heavy (non-hydrogen) atoms. The van der Waals surface area contributed by atoms with E-state index in [4.69, 9.17) is 4.74 Å². The molecule has 110 valence electrons. The number of ether oxygens (including phenoxy) is 1. The van der Waals surface area contributed by atoms with Gasteiger partial charge in [0, 0.05) is 24.6 Å². The lowest BCUT2D eigenvalue weighted by molar-refractivity contribution is -0.384. The molecule has 0 N–H and O–H groups in total. The van der Waals surface area contributed by atoms with Gasteiger partial charge < -0.3 is 9.64 Å². The van der Waals surface area contributed by atoms with Gasteiger partial charge in [-0.15, -0.1) is 0 Å². The van der Waals surface area contributed by atoms with Gasteiger partial charge in [0.25, 0.3) is 5.69 Å². The zero-order valence-electron chi connectivity index (χ0n) is 11.8.